The van der Waals surface area contributed by atoms with Gasteiger partial charge in [0.1, 0.15) is 0 Å². The Morgan fingerprint density at radius 2 is 2.05 bits per heavy atom. The van der Waals surface area contributed by atoms with Crippen LogP contribution in [0.5, 0.6) is 0 Å². The molecular weight excluding hydrogens is 238 g/mol. The lowest BCUT2D eigenvalue weighted by Crippen LogP contribution is -2.26. The molecule has 0 saturated carbocycles. The number of carbonyl (C=O) groups is 1. The lowest BCUT2D eigenvalue weighted by atomic mass is 10.1. The molecule has 4 nitrogen and oxygen atoms in total. The van der Waals surface area contributed by atoms with Gasteiger partial charge in [-0.2, -0.15) is 0 Å². The lowest BCUT2D eigenvalue weighted by Gasteiger charge is -2.16. The molecule has 0 spiro atoms. The van der Waals surface area contributed by atoms with E-state index in [1.165, 1.54) is 5.56 Å². The van der Waals surface area contributed by atoms with Crippen molar-refractivity contribution < 1.29 is 4.79 Å². The molecule has 0 aliphatic carbocycles. The maximum Gasteiger partial charge on any atom is 0.256 e. The Morgan fingerprint density at radius 3 is 2.84 bits per heavy atom. The summed E-state index contributed by atoms with van der Waals surface area (Å²) in [4.78, 5) is 18.5. The van der Waals surface area contributed by atoms with Gasteiger partial charge < -0.3 is 10.6 Å². The molecule has 96 valence electrons. The normalized spacial score (nSPS) is 13.4. The minimum atomic E-state index is 0.0281. The van der Waals surface area contributed by atoms with Crippen LogP contribution < -0.4 is 5.73 Å². The summed E-state index contributed by atoms with van der Waals surface area (Å²) in [5.74, 6) is 0.0281. The van der Waals surface area contributed by atoms with E-state index in [-0.39, 0.29) is 5.91 Å². The van der Waals surface area contributed by atoms with Gasteiger partial charge in [-0.25, -0.2) is 0 Å². The van der Waals surface area contributed by atoms with Gasteiger partial charge in [0, 0.05) is 30.7 Å². The van der Waals surface area contributed by atoms with E-state index in [0.29, 0.717) is 18.7 Å². The molecule has 0 saturated heterocycles. The summed E-state index contributed by atoms with van der Waals surface area (Å²) >= 11 is 0. The quantitative estimate of drug-likeness (QED) is 0.792. The van der Waals surface area contributed by atoms with E-state index in [1.54, 1.807) is 12.3 Å². The van der Waals surface area contributed by atoms with Crippen molar-refractivity contribution in [3.63, 3.8) is 0 Å². The van der Waals surface area contributed by atoms with Crippen molar-refractivity contribution in [3.05, 3.63) is 58.9 Å². The van der Waals surface area contributed by atoms with Crippen LogP contribution in [0.2, 0.25) is 0 Å². The van der Waals surface area contributed by atoms with Gasteiger partial charge in [-0.05, 0) is 42.3 Å². The van der Waals surface area contributed by atoms with Crippen LogP contribution in [0.1, 0.15) is 27.2 Å². The molecule has 1 aliphatic heterocycles. The molecule has 0 unspecified atom stereocenters. The molecule has 2 aromatic rings. The minimum absolute atomic E-state index is 0.0281. The zero-order chi connectivity index (χ0) is 13.4. The summed E-state index contributed by atoms with van der Waals surface area (Å²) in [7, 11) is 0. The summed E-state index contributed by atoms with van der Waals surface area (Å²) in [6.45, 7) is 3.12. The van der Waals surface area contributed by atoms with Gasteiger partial charge in [0.2, 0.25) is 0 Å². The maximum absolute atomic E-state index is 12.5. The Hall–Kier alpha value is -2.36. The number of benzene rings is 1. The zero-order valence-corrected chi connectivity index (χ0v) is 10.8. The summed E-state index contributed by atoms with van der Waals surface area (Å²) in [6, 6.07) is 9.43. The Morgan fingerprint density at radius 1 is 1.26 bits per heavy atom. The number of hydrogen-bond acceptors (Lipinski definition) is 3. The van der Waals surface area contributed by atoms with Gasteiger partial charge in [0.05, 0.1) is 5.56 Å². The SMILES string of the molecule is Cc1ncccc1C(=O)N1Cc2ccc(N)cc2C1. The lowest BCUT2D eigenvalue weighted by molar-refractivity contribution is 0.0750. The third-order valence-corrected chi connectivity index (χ3v) is 3.48. The first kappa shape index (κ1) is 11.7. The number of amides is 1. The molecular formula is C15H15N3O. The van der Waals surface area contributed by atoms with Gasteiger partial charge in [0.25, 0.3) is 5.91 Å². The van der Waals surface area contributed by atoms with Crippen LogP contribution in [0.15, 0.2) is 36.5 Å². The number of carbonyl (C=O) groups excluding carboxylic acids is 1. The van der Waals surface area contributed by atoms with Gasteiger partial charge in [-0.15, -0.1) is 0 Å². The topological polar surface area (TPSA) is 59.2 Å². The van der Waals surface area contributed by atoms with Gasteiger partial charge >= 0.3 is 0 Å². The fourth-order valence-electron chi connectivity index (χ4n) is 2.44. The number of pyridine rings is 1. The zero-order valence-electron chi connectivity index (χ0n) is 10.8. The van der Waals surface area contributed by atoms with E-state index in [9.17, 15) is 4.79 Å². The summed E-state index contributed by atoms with van der Waals surface area (Å²) in [6.07, 6.45) is 1.70. The molecule has 3 rings (SSSR count). The van der Waals surface area contributed by atoms with E-state index < -0.39 is 0 Å². The molecule has 1 aromatic carbocycles. The molecule has 2 N–H and O–H groups in total. The first-order chi connectivity index (χ1) is 9.15. The van der Waals surface area contributed by atoms with Crippen molar-refractivity contribution in [2.45, 2.75) is 20.0 Å². The number of hydrogen-bond donors (Lipinski definition) is 1. The molecule has 1 aromatic heterocycles. The van der Waals surface area contributed by atoms with Crippen LogP contribution >= 0.6 is 0 Å². The first-order valence-electron chi connectivity index (χ1n) is 6.23. The van der Waals surface area contributed by atoms with Crippen molar-refractivity contribution in [2.24, 2.45) is 0 Å². The van der Waals surface area contributed by atoms with Crippen LogP contribution in [0.3, 0.4) is 0 Å². The third-order valence-electron chi connectivity index (χ3n) is 3.48. The van der Waals surface area contributed by atoms with Crippen molar-refractivity contribution in [2.75, 3.05) is 5.73 Å². The van der Waals surface area contributed by atoms with E-state index in [0.717, 1.165) is 16.9 Å². The van der Waals surface area contributed by atoms with Crippen LogP contribution in [-0.2, 0) is 13.1 Å². The fraction of sp³-hybridized carbons (Fsp3) is 0.200. The molecule has 0 radical (unpaired) electrons. The highest BCUT2D eigenvalue weighted by molar-refractivity contribution is 5.95. The van der Waals surface area contributed by atoms with Crippen molar-refractivity contribution in [1.82, 2.24) is 9.88 Å². The summed E-state index contributed by atoms with van der Waals surface area (Å²) < 4.78 is 0. The van der Waals surface area contributed by atoms with E-state index in [2.05, 4.69) is 4.98 Å². The average molecular weight is 253 g/mol. The molecule has 0 fully saturated rings. The Kier molecular flexibility index (Phi) is 2.71. The number of aryl methyl sites for hydroxylation is 1. The summed E-state index contributed by atoms with van der Waals surface area (Å²) in [5, 5.41) is 0. The number of rotatable bonds is 1. The maximum atomic E-state index is 12.5. The average Bonchev–Trinajstić information content (AvgIpc) is 2.81. The number of anilines is 1. The molecule has 1 aliphatic rings. The first-order valence-corrected chi connectivity index (χ1v) is 6.23. The van der Waals surface area contributed by atoms with Crippen LogP contribution in [-0.4, -0.2) is 15.8 Å². The smallest absolute Gasteiger partial charge is 0.256 e. The van der Waals surface area contributed by atoms with Crippen molar-refractivity contribution >= 4 is 11.6 Å². The second-order valence-electron chi connectivity index (χ2n) is 4.83. The van der Waals surface area contributed by atoms with E-state index >= 15 is 0 Å². The molecule has 2 heterocycles. The molecule has 0 bridgehead atoms. The Balaban J connectivity index is 1.87. The predicted octanol–water partition coefficient (Wildman–Crippen LogP) is 2.13. The van der Waals surface area contributed by atoms with Gasteiger partial charge in [-0.3, -0.25) is 9.78 Å². The van der Waals surface area contributed by atoms with Crippen molar-refractivity contribution in [1.29, 1.82) is 0 Å². The second-order valence-corrected chi connectivity index (χ2v) is 4.83. The van der Waals surface area contributed by atoms with Crippen LogP contribution in [0, 0.1) is 6.92 Å². The predicted molar refractivity (Wildman–Crippen MR) is 73.4 cm³/mol. The number of nitrogen functional groups attached to an aromatic ring is 1. The largest absolute Gasteiger partial charge is 0.399 e. The second kappa shape index (κ2) is 4.39. The Bertz CT molecular complexity index is 652. The molecule has 0 atom stereocenters. The van der Waals surface area contributed by atoms with E-state index in [1.807, 2.05) is 36.1 Å². The molecule has 19 heavy (non-hydrogen) atoms. The fourth-order valence-corrected chi connectivity index (χ4v) is 2.44. The molecule has 4 heteroatoms. The highest BCUT2D eigenvalue weighted by Gasteiger charge is 2.25. The summed E-state index contributed by atoms with van der Waals surface area (Å²) in [5.41, 5.74) is 10.3. The highest BCUT2D eigenvalue weighted by atomic mass is 16.2. The van der Waals surface area contributed by atoms with Gasteiger partial charge in [0.15, 0.2) is 0 Å². The van der Waals surface area contributed by atoms with Crippen LogP contribution in [0.25, 0.3) is 0 Å². The van der Waals surface area contributed by atoms with Crippen LogP contribution in [0.4, 0.5) is 5.69 Å². The molecule has 1 amide bonds. The number of nitrogens with zero attached hydrogens (tertiary/aromatic N) is 2. The highest BCUT2D eigenvalue weighted by Crippen LogP contribution is 2.26. The van der Waals surface area contributed by atoms with Crippen molar-refractivity contribution in [3.8, 4) is 0 Å². The standard InChI is InChI=1S/C15H15N3O/c1-10-14(3-2-6-17-10)15(19)18-8-11-4-5-13(16)7-12(11)9-18/h2-7H,8-9,16H2,1H3. The minimum Gasteiger partial charge on any atom is -0.399 e. The van der Waals surface area contributed by atoms with E-state index in [4.69, 9.17) is 5.73 Å². The number of fused-ring (bicyclic) bond motifs is 1. The Labute approximate surface area is 111 Å². The number of nitrogens with two attached hydrogens (primary N) is 1. The monoisotopic (exact) mass is 253 g/mol. The number of aromatic nitrogens is 1. The third kappa shape index (κ3) is 2.05. The van der Waals surface area contributed by atoms with Gasteiger partial charge in [-0.1, -0.05) is 6.07 Å².